The lowest BCUT2D eigenvalue weighted by Gasteiger charge is -2.15. The van der Waals surface area contributed by atoms with E-state index in [-0.39, 0.29) is 29.8 Å². The number of fused-ring (bicyclic) bond motifs is 2. The van der Waals surface area contributed by atoms with Crippen LogP contribution in [0, 0.1) is 17.1 Å². The minimum atomic E-state index is -0.910. The number of aromatic nitrogens is 5. The van der Waals surface area contributed by atoms with Crippen molar-refractivity contribution in [2.24, 2.45) is 0 Å². The highest BCUT2D eigenvalue weighted by Gasteiger charge is 2.43. The van der Waals surface area contributed by atoms with Crippen molar-refractivity contribution in [3.05, 3.63) is 65.2 Å². The Morgan fingerprint density at radius 3 is 2.77 bits per heavy atom. The van der Waals surface area contributed by atoms with Gasteiger partial charge >= 0.3 is 0 Å². The quantitative estimate of drug-likeness (QED) is 0.552. The van der Waals surface area contributed by atoms with Crippen molar-refractivity contribution >= 4 is 22.8 Å². The van der Waals surface area contributed by atoms with E-state index >= 15 is 0 Å². The van der Waals surface area contributed by atoms with Crippen molar-refractivity contribution in [2.75, 3.05) is 5.32 Å². The molecule has 1 N–H and O–H groups in total. The molecule has 0 bridgehead atoms. The summed E-state index contributed by atoms with van der Waals surface area (Å²) in [4.78, 5) is 25.7. The maximum atomic E-state index is 14.2. The molecular formula is C22H16FN7O. The molecule has 0 radical (unpaired) electrons. The molecular weight excluding hydrogens is 397 g/mol. The number of hydrogen-bond acceptors (Lipinski definition) is 6. The maximum absolute atomic E-state index is 14.2. The van der Waals surface area contributed by atoms with Crippen LogP contribution in [0.1, 0.15) is 30.7 Å². The van der Waals surface area contributed by atoms with E-state index in [1.165, 1.54) is 6.07 Å². The number of nitriles is 1. The van der Waals surface area contributed by atoms with Gasteiger partial charge in [-0.15, -0.1) is 0 Å². The SMILES string of the molecule is CC1(C)C(=O)Nc2nc(-c3nn(Cc4ccccc4F)c4ncccc34)nc(C#N)c21. The molecule has 1 amide bonds. The number of carbonyl (C=O) groups excluding carboxylic acids is 1. The van der Waals surface area contributed by atoms with Crippen LogP contribution >= 0.6 is 0 Å². The molecule has 0 unspecified atom stereocenters. The van der Waals surface area contributed by atoms with Gasteiger partial charge in [0.05, 0.1) is 17.3 Å². The van der Waals surface area contributed by atoms with E-state index in [1.807, 2.05) is 6.07 Å². The van der Waals surface area contributed by atoms with Crippen LogP contribution in [0.3, 0.4) is 0 Å². The number of nitrogens with one attached hydrogen (secondary N) is 1. The molecule has 4 heterocycles. The van der Waals surface area contributed by atoms with Crippen molar-refractivity contribution in [3.8, 4) is 17.6 Å². The highest BCUT2D eigenvalue weighted by atomic mass is 19.1. The topological polar surface area (TPSA) is 109 Å². The molecule has 0 fully saturated rings. The third-order valence-electron chi connectivity index (χ3n) is 5.44. The maximum Gasteiger partial charge on any atom is 0.235 e. The first kappa shape index (κ1) is 18.8. The minimum Gasteiger partial charge on any atom is -0.310 e. The first-order valence-electron chi connectivity index (χ1n) is 9.59. The average Bonchev–Trinajstić information content (AvgIpc) is 3.23. The van der Waals surface area contributed by atoms with E-state index in [1.54, 1.807) is 49.0 Å². The summed E-state index contributed by atoms with van der Waals surface area (Å²) in [6.45, 7) is 3.61. The zero-order valence-electron chi connectivity index (χ0n) is 16.7. The van der Waals surface area contributed by atoms with E-state index in [9.17, 15) is 14.4 Å². The van der Waals surface area contributed by atoms with Crippen LogP contribution in [0.25, 0.3) is 22.6 Å². The molecule has 0 saturated carbocycles. The standard InChI is InChI=1S/C22H16FN7O/c1-22(2)16-15(10-24)26-19(27-18(16)28-21(22)31)17-13-7-5-9-25-20(13)30(29-17)11-12-6-3-4-8-14(12)23/h3-9H,11H2,1-2H3,(H,26,27,28,31). The molecule has 0 spiro atoms. The van der Waals surface area contributed by atoms with Gasteiger partial charge in [0.15, 0.2) is 17.2 Å². The number of hydrogen-bond donors (Lipinski definition) is 1. The van der Waals surface area contributed by atoms with Gasteiger partial charge in [-0.05, 0) is 32.0 Å². The second-order valence-corrected chi connectivity index (χ2v) is 7.78. The fraction of sp³-hybridized carbons (Fsp3) is 0.182. The van der Waals surface area contributed by atoms with Crippen LogP contribution in [0.2, 0.25) is 0 Å². The van der Waals surface area contributed by atoms with Crippen LogP contribution in [0.5, 0.6) is 0 Å². The molecule has 31 heavy (non-hydrogen) atoms. The van der Waals surface area contributed by atoms with E-state index < -0.39 is 5.41 Å². The normalized spacial score (nSPS) is 14.3. The Morgan fingerprint density at radius 2 is 2.00 bits per heavy atom. The Kier molecular flexibility index (Phi) is 4.05. The molecule has 0 saturated heterocycles. The fourth-order valence-electron chi connectivity index (χ4n) is 3.78. The second kappa shape index (κ2) is 6.67. The smallest absolute Gasteiger partial charge is 0.235 e. The monoisotopic (exact) mass is 413 g/mol. The Hall–Kier alpha value is -4.19. The summed E-state index contributed by atoms with van der Waals surface area (Å²) in [5.41, 5.74) is 1.07. The van der Waals surface area contributed by atoms with Crippen molar-refractivity contribution in [1.82, 2.24) is 24.7 Å². The molecule has 9 heteroatoms. The van der Waals surface area contributed by atoms with Crippen molar-refractivity contribution in [3.63, 3.8) is 0 Å². The fourth-order valence-corrected chi connectivity index (χ4v) is 3.78. The number of carbonyl (C=O) groups is 1. The number of nitrogens with zero attached hydrogens (tertiary/aromatic N) is 6. The van der Waals surface area contributed by atoms with E-state index in [0.717, 1.165) is 0 Å². The summed E-state index contributed by atoms with van der Waals surface area (Å²) in [5, 5.41) is 17.7. The number of halogens is 1. The van der Waals surface area contributed by atoms with Crippen LogP contribution in [0.15, 0.2) is 42.6 Å². The Balaban J connectivity index is 1.69. The third kappa shape index (κ3) is 2.84. The molecule has 1 aromatic carbocycles. The van der Waals surface area contributed by atoms with E-state index in [2.05, 4.69) is 31.4 Å². The number of anilines is 1. The Bertz CT molecular complexity index is 1420. The summed E-state index contributed by atoms with van der Waals surface area (Å²) in [5.74, 6) is -0.0907. The van der Waals surface area contributed by atoms with Gasteiger partial charge in [0.25, 0.3) is 0 Å². The van der Waals surface area contributed by atoms with Crippen LogP contribution in [-0.2, 0) is 16.8 Å². The molecule has 1 aliphatic rings. The molecule has 5 rings (SSSR count). The van der Waals surface area contributed by atoms with Gasteiger partial charge in [-0.25, -0.2) is 24.0 Å². The third-order valence-corrected chi connectivity index (χ3v) is 5.44. The van der Waals surface area contributed by atoms with Crippen molar-refractivity contribution in [1.29, 1.82) is 5.26 Å². The molecule has 0 atom stereocenters. The molecule has 0 aliphatic carbocycles. The predicted molar refractivity (Wildman–Crippen MR) is 110 cm³/mol. The lowest BCUT2D eigenvalue weighted by Crippen LogP contribution is -2.27. The van der Waals surface area contributed by atoms with Gasteiger partial charge in [0, 0.05) is 17.3 Å². The summed E-state index contributed by atoms with van der Waals surface area (Å²) in [6.07, 6.45) is 1.62. The van der Waals surface area contributed by atoms with Crippen LogP contribution < -0.4 is 5.32 Å². The summed E-state index contributed by atoms with van der Waals surface area (Å²) in [6, 6.07) is 12.1. The Morgan fingerprint density at radius 1 is 1.19 bits per heavy atom. The predicted octanol–water partition coefficient (Wildman–Crippen LogP) is 3.18. The van der Waals surface area contributed by atoms with E-state index in [4.69, 9.17) is 0 Å². The molecule has 4 aromatic rings. The zero-order valence-corrected chi connectivity index (χ0v) is 16.7. The van der Waals surface area contributed by atoms with Gasteiger partial charge in [0.2, 0.25) is 5.91 Å². The molecule has 152 valence electrons. The van der Waals surface area contributed by atoms with Crippen molar-refractivity contribution in [2.45, 2.75) is 25.8 Å². The van der Waals surface area contributed by atoms with Gasteiger partial charge in [0.1, 0.15) is 23.4 Å². The summed E-state index contributed by atoms with van der Waals surface area (Å²) < 4.78 is 15.8. The largest absolute Gasteiger partial charge is 0.310 e. The summed E-state index contributed by atoms with van der Waals surface area (Å²) >= 11 is 0. The van der Waals surface area contributed by atoms with Gasteiger partial charge in [-0.1, -0.05) is 18.2 Å². The number of rotatable bonds is 3. The highest BCUT2D eigenvalue weighted by Crippen LogP contribution is 2.39. The number of pyridine rings is 1. The van der Waals surface area contributed by atoms with Crippen molar-refractivity contribution < 1.29 is 9.18 Å². The highest BCUT2D eigenvalue weighted by molar-refractivity contribution is 6.05. The average molecular weight is 413 g/mol. The van der Waals surface area contributed by atoms with Gasteiger partial charge < -0.3 is 5.32 Å². The zero-order chi connectivity index (χ0) is 21.8. The molecule has 8 nitrogen and oxygen atoms in total. The van der Waals surface area contributed by atoms with E-state index in [0.29, 0.717) is 33.7 Å². The molecule has 3 aromatic heterocycles. The lowest BCUT2D eigenvalue weighted by molar-refractivity contribution is -0.119. The van der Waals surface area contributed by atoms with Crippen LogP contribution in [0.4, 0.5) is 10.2 Å². The first-order chi connectivity index (χ1) is 14.9. The number of amides is 1. The summed E-state index contributed by atoms with van der Waals surface area (Å²) in [7, 11) is 0. The van der Waals surface area contributed by atoms with Gasteiger partial charge in [-0.3, -0.25) is 4.79 Å². The minimum absolute atomic E-state index is 0.115. The lowest BCUT2D eigenvalue weighted by atomic mass is 9.86. The first-order valence-corrected chi connectivity index (χ1v) is 9.59. The van der Waals surface area contributed by atoms with Gasteiger partial charge in [-0.2, -0.15) is 10.4 Å². The molecule has 1 aliphatic heterocycles. The number of benzene rings is 1. The van der Waals surface area contributed by atoms with Crippen LogP contribution in [-0.4, -0.2) is 30.6 Å². The Labute approximate surface area is 176 Å². The second-order valence-electron chi connectivity index (χ2n) is 7.78.